The Kier molecular flexibility index (Phi) is 3.08. The van der Waals surface area contributed by atoms with Gasteiger partial charge in [-0.1, -0.05) is 12.2 Å². The van der Waals surface area contributed by atoms with Gasteiger partial charge in [0, 0.05) is 12.1 Å². The van der Waals surface area contributed by atoms with E-state index in [9.17, 15) is 0 Å². The van der Waals surface area contributed by atoms with E-state index >= 15 is 0 Å². The minimum atomic E-state index is -0.0498. The second kappa shape index (κ2) is 3.13. The zero-order valence-electron chi connectivity index (χ0n) is 6.19. The van der Waals surface area contributed by atoms with Crippen LogP contribution in [0.25, 0.3) is 0 Å². The molecule has 0 spiro atoms. The first kappa shape index (κ1) is 8.85. The summed E-state index contributed by atoms with van der Waals surface area (Å²) < 4.78 is 0. The molecule has 0 rings (SSSR count). The highest BCUT2D eigenvalue weighted by atomic mass is 32.1. The summed E-state index contributed by atoms with van der Waals surface area (Å²) in [5.41, 5.74) is 5.38. The van der Waals surface area contributed by atoms with Crippen LogP contribution < -0.4 is 11.1 Å². The van der Waals surface area contributed by atoms with Gasteiger partial charge >= 0.3 is 0 Å². The molecule has 0 atom stereocenters. The van der Waals surface area contributed by atoms with Gasteiger partial charge in [-0.15, -0.1) is 0 Å². The molecule has 3 N–H and O–H groups in total. The first-order chi connectivity index (χ1) is 3.98. The van der Waals surface area contributed by atoms with Crippen LogP contribution >= 0.6 is 12.2 Å². The summed E-state index contributed by atoms with van der Waals surface area (Å²) >= 11 is 4.84. The average Bonchev–Trinajstić information content (AvgIpc) is 1.63. The lowest BCUT2D eigenvalue weighted by molar-refractivity contribution is 0.475. The lowest BCUT2D eigenvalue weighted by Crippen LogP contribution is -2.47. The Balaban J connectivity index is 3.71. The Morgan fingerprint density at radius 3 is 2.22 bits per heavy atom. The van der Waals surface area contributed by atoms with Crippen LogP contribution in [-0.4, -0.2) is 17.1 Å². The van der Waals surface area contributed by atoms with Gasteiger partial charge in [0.1, 0.15) is 0 Å². The van der Waals surface area contributed by atoms with E-state index in [0.717, 1.165) is 4.99 Å². The third-order valence-corrected chi connectivity index (χ3v) is 1.13. The molecule has 0 heterocycles. The van der Waals surface area contributed by atoms with Gasteiger partial charge in [-0.3, -0.25) is 0 Å². The summed E-state index contributed by atoms with van der Waals surface area (Å²) in [6.45, 7) is 6.49. The normalized spacial score (nSPS) is 11.1. The van der Waals surface area contributed by atoms with Crippen LogP contribution in [0.1, 0.15) is 20.8 Å². The highest BCUT2D eigenvalue weighted by Gasteiger charge is 2.13. The quantitative estimate of drug-likeness (QED) is 0.562. The summed E-state index contributed by atoms with van der Waals surface area (Å²) in [7, 11) is 0. The molecular formula is C6H14N2S. The van der Waals surface area contributed by atoms with E-state index in [1.807, 2.05) is 20.8 Å². The van der Waals surface area contributed by atoms with Gasteiger partial charge in [0.2, 0.25) is 0 Å². The third-order valence-electron chi connectivity index (χ3n) is 1.02. The van der Waals surface area contributed by atoms with Crippen molar-refractivity contribution in [3.63, 3.8) is 0 Å². The molecule has 3 heteroatoms. The number of thiocarbonyl (C=S) groups is 1. The van der Waals surface area contributed by atoms with Gasteiger partial charge < -0.3 is 11.1 Å². The van der Waals surface area contributed by atoms with Crippen LogP contribution in [0.3, 0.4) is 0 Å². The van der Waals surface area contributed by atoms with E-state index in [2.05, 4.69) is 5.32 Å². The van der Waals surface area contributed by atoms with Gasteiger partial charge in [0.15, 0.2) is 0 Å². The molecule has 0 fully saturated rings. The summed E-state index contributed by atoms with van der Waals surface area (Å²) in [4.78, 5) is 0.797. The monoisotopic (exact) mass is 146 g/mol. The largest absolute Gasteiger partial charge is 0.374 e. The van der Waals surface area contributed by atoms with Crippen LogP contribution in [0.15, 0.2) is 0 Å². The Morgan fingerprint density at radius 2 is 2.11 bits per heavy atom. The van der Waals surface area contributed by atoms with Crippen molar-refractivity contribution in [3.05, 3.63) is 0 Å². The second-order valence-corrected chi connectivity index (χ2v) is 3.38. The van der Waals surface area contributed by atoms with Crippen LogP contribution in [0, 0.1) is 0 Å². The summed E-state index contributed by atoms with van der Waals surface area (Å²) in [5, 5.41) is 3.08. The van der Waals surface area contributed by atoms with Gasteiger partial charge in [-0.2, -0.15) is 0 Å². The number of nitrogens with two attached hydrogens (primary N) is 1. The minimum Gasteiger partial charge on any atom is -0.374 e. The fourth-order valence-corrected chi connectivity index (χ4v) is 0.804. The molecule has 0 aliphatic heterocycles. The van der Waals surface area contributed by atoms with Crippen molar-refractivity contribution in [2.75, 3.05) is 6.54 Å². The van der Waals surface area contributed by atoms with Gasteiger partial charge in [-0.25, -0.2) is 0 Å². The molecule has 0 aromatic rings. The maximum Gasteiger partial charge on any atom is 0.0726 e. The zero-order valence-corrected chi connectivity index (χ0v) is 7.01. The van der Waals surface area contributed by atoms with E-state index in [1.54, 1.807) is 0 Å². The highest BCUT2D eigenvalue weighted by Crippen LogP contribution is 1.97. The van der Waals surface area contributed by atoms with Crippen molar-refractivity contribution in [1.29, 1.82) is 0 Å². The van der Waals surface area contributed by atoms with Crippen LogP contribution in [0.5, 0.6) is 0 Å². The van der Waals surface area contributed by atoms with Crippen LogP contribution in [0.4, 0.5) is 0 Å². The maximum absolute atomic E-state index is 5.43. The minimum absolute atomic E-state index is 0.0498. The Labute approximate surface area is 61.8 Å². The van der Waals surface area contributed by atoms with Crippen LogP contribution in [-0.2, 0) is 0 Å². The van der Waals surface area contributed by atoms with E-state index in [0.29, 0.717) is 6.54 Å². The Hall–Kier alpha value is -0.150. The molecule has 2 nitrogen and oxygen atoms in total. The number of hydrogen-bond donors (Lipinski definition) is 2. The van der Waals surface area contributed by atoms with E-state index in [4.69, 9.17) is 18.0 Å². The smallest absolute Gasteiger partial charge is 0.0726 e. The molecule has 54 valence electrons. The SMILES string of the molecule is CC(=S)NC(C)(C)CN. The van der Waals surface area contributed by atoms with Gasteiger partial charge in [-0.05, 0) is 20.8 Å². The van der Waals surface area contributed by atoms with Crippen molar-refractivity contribution in [3.8, 4) is 0 Å². The van der Waals surface area contributed by atoms with Crippen molar-refractivity contribution in [1.82, 2.24) is 5.32 Å². The third kappa shape index (κ3) is 4.36. The maximum atomic E-state index is 5.43. The molecule has 0 aliphatic carbocycles. The lowest BCUT2D eigenvalue weighted by atomic mass is 10.1. The van der Waals surface area contributed by atoms with Crippen molar-refractivity contribution in [2.45, 2.75) is 26.3 Å². The standard InChI is InChI=1S/C6H14N2S/c1-5(9)8-6(2,3)4-7/h4,7H2,1-3H3,(H,8,9). The zero-order chi connectivity index (χ0) is 7.49. The molecule has 0 amide bonds. The topological polar surface area (TPSA) is 38.0 Å². The molecule has 0 aliphatic rings. The highest BCUT2D eigenvalue weighted by molar-refractivity contribution is 7.80. The molecule has 0 radical (unpaired) electrons. The lowest BCUT2D eigenvalue weighted by Gasteiger charge is -2.24. The van der Waals surface area contributed by atoms with E-state index in [-0.39, 0.29) is 5.54 Å². The predicted octanol–water partition coefficient (Wildman–Crippen LogP) is 0.661. The fraction of sp³-hybridized carbons (Fsp3) is 0.833. The predicted molar refractivity (Wildman–Crippen MR) is 44.5 cm³/mol. The van der Waals surface area contributed by atoms with E-state index in [1.165, 1.54) is 0 Å². The summed E-state index contributed by atoms with van der Waals surface area (Å²) in [6.07, 6.45) is 0. The van der Waals surface area contributed by atoms with Gasteiger partial charge in [0.05, 0.1) is 4.99 Å². The van der Waals surface area contributed by atoms with Gasteiger partial charge in [0.25, 0.3) is 0 Å². The number of rotatable bonds is 2. The first-order valence-corrected chi connectivity index (χ1v) is 3.37. The molecule has 0 aromatic heterocycles. The second-order valence-electron chi connectivity index (χ2n) is 2.77. The summed E-state index contributed by atoms with van der Waals surface area (Å²) in [5.74, 6) is 0. The molecule has 0 aromatic carbocycles. The average molecular weight is 146 g/mol. The Morgan fingerprint density at radius 1 is 1.67 bits per heavy atom. The molecule has 0 bridgehead atoms. The first-order valence-electron chi connectivity index (χ1n) is 2.97. The fourth-order valence-electron chi connectivity index (χ4n) is 0.528. The summed E-state index contributed by atoms with van der Waals surface area (Å²) in [6, 6.07) is 0. The molecule has 0 saturated carbocycles. The van der Waals surface area contributed by atoms with Crippen molar-refractivity contribution in [2.24, 2.45) is 5.73 Å². The number of hydrogen-bond acceptors (Lipinski definition) is 2. The Bertz CT molecular complexity index is 110. The molecule has 0 saturated heterocycles. The van der Waals surface area contributed by atoms with Crippen molar-refractivity contribution < 1.29 is 0 Å². The number of nitrogens with one attached hydrogen (secondary N) is 1. The van der Waals surface area contributed by atoms with Crippen LogP contribution in [0.2, 0.25) is 0 Å². The van der Waals surface area contributed by atoms with E-state index < -0.39 is 0 Å². The molecular weight excluding hydrogens is 132 g/mol. The molecule has 0 unspecified atom stereocenters. The van der Waals surface area contributed by atoms with Crippen molar-refractivity contribution >= 4 is 17.2 Å². The molecule has 9 heavy (non-hydrogen) atoms.